The number of halogens is 1. The molecule has 1 fully saturated rings. The number of rotatable bonds is 6. The molecule has 0 aromatic heterocycles. The third-order valence-corrected chi connectivity index (χ3v) is 7.17. The number of hydrogen-bond donors (Lipinski definition) is 1. The van der Waals surface area contributed by atoms with Gasteiger partial charge in [-0.25, -0.2) is 0 Å². The van der Waals surface area contributed by atoms with Crippen molar-refractivity contribution in [3.8, 4) is 0 Å². The van der Waals surface area contributed by atoms with Crippen LogP contribution in [0.2, 0.25) is 0 Å². The van der Waals surface area contributed by atoms with E-state index < -0.39 is 0 Å². The van der Waals surface area contributed by atoms with E-state index in [0.29, 0.717) is 12.0 Å². The Morgan fingerprint density at radius 3 is 2.91 bits per heavy atom. The normalized spacial score (nSPS) is 30.4. The molecule has 128 valence electrons. The molecule has 0 saturated heterocycles. The second-order valence-electron chi connectivity index (χ2n) is 7.55. The first kappa shape index (κ1) is 17.7. The second-order valence-corrected chi connectivity index (χ2v) is 8.32. The highest BCUT2D eigenvalue weighted by molar-refractivity contribution is 14.1. The average Bonchev–Trinajstić information content (AvgIpc) is 2.98. The summed E-state index contributed by atoms with van der Waals surface area (Å²) in [6.07, 6.45) is 9.85. The standard InChI is InChI=1S/C20H30INO/c1-2-3-10-23-19-7-6-15-11-16(4-5-17(15)12-19)18-8-9-20(22,13-18)14-21/h4-5,11,18-19H,2-3,6-10,12-14,22H2,1H3/t18-,19?,20+/m0/s1. The molecular weight excluding hydrogens is 397 g/mol. The number of ether oxygens (including phenoxy) is 1. The van der Waals surface area contributed by atoms with Gasteiger partial charge in [0, 0.05) is 16.6 Å². The lowest BCUT2D eigenvalue weighted by Gasteiger charge is -2.26. The Morgan fingerprint density at radius 1 is 1.30 bits per heavy atom. The lowest BCUT2D eigenvalue weighted by molar-refractivity contribution is 0.0424. The Hall–Kier alpha value is -0.130. The van der Waals surface area contributed by atoms with Crippen LogP contribution < -0.4 is 5.73 Å². The Kier molecular flexibility index (Phi) is 6.02. The molecule has 0 radical (unpaired) electrons. The summed E-state index contributed by atoms with van der Waals surface area (Å²) in [5.41, 5.74) is 11.1. The number of benzene rings is 1. The zero-order chi connectivity index (χ0) is 16.3. The van der Waals surface area contributed by atoms with Crippen molar-refractivity contribution in [3.63, 3.8) is 0 Å². The third kappa shape index (κ3) is 4.29. The molecule has 23 heavy (non-hydrogen) atoms. The number of hydrogen-bond acceptors (Lipinski definition) is 2. The summed E-state index contributed by atoms with van der Waals surface area (Å²) in [5, 5.41) is 0. The molecule has 1 aromatic carbocycles. The highest BCUT2D eigenvalue weighted by Crippen LogP contribution is 2.41. The predicted octanol–water partition coefficient (Wildman–Crippen LogP) is 4.76. The lowest BCUT2D eigenvalue weighted by Crippen LogP contribution is -2.38. The summed E-state index contributed by atoms with van der Waals surface area (Å²) >= 11 is 2.45. The molecular formula is C20H30INO. The van der Waals surface area contributed by atoms with E-state index in [1.165, 1.54) is 49.7 Å². The molecule has 2 aliphatic carbocycles. The maximum Gasteiger partial charge on any atom is 0.0618 e. The van der Waals surface area contributed by atoms with E-state index in [2.05, 4.69) is 47.7 Å². The maximum atomic E-state index is 6.48. The minimum Gasteiger partial charge on any atom is -0.378 e. The molecule has 0 spiro atoms. The van der Waals surface area contributed by atoms with Crippen molar-refractivity contribution < 1.29 is 4.74 Å². The van der Waals surface area contributed by atoms with Gasteiger partial charge in [0.05, 0.1) is 6.10 Å². The lowest BCUT2D eigenvalue weighted by atomic mass is 9.85. The summed E-state index contributed by atoms with van der Waals surface area (Å²) in [7, 11) is 0. The van der Waals surface area contributed by atoms with Crippen molar-refractivity contribution >= 4 is 22.6 Å². The van der Waals surface area contributed by atoms with Crippen molar-refractivity contribution in [1.29, 1.82) is 0 Å². The molecule has 2 nitrogen and oxygen atoms in total. The van der Waals surface area contributed by atoms with Crippen molar-refractivity contribution in [2.45, 2.75) is 75.9 Å². The monoisotopic (exact) mass is 427 g/mol. The minimum absolute atomic E-state index is 0.0688. The number of nitrogens with two attached hydrogens (primary N) is 1. The van der Waals surface area contributed by atoms with E-state index in [1.54, 1.807) is 5.56 Å². The van der Waals surface area contributed by atoms with Gasteiger partial charge in [0.15, 0.2) is 0 Å². The van der Waals surface area contributed by atoms with Crippen molar-refractivity contribution in [2.24, 2.45) is 5.73 Å². The van der Waals surface area contributed by atoms with E-state index in [9.17, 15) is 0 Å². The molecule has 2 aliphatic rings. The van der Waals surface area contributed by atoms with Gasteiger partial charge in [0.25, 0.3) is 0 Å². The summed E-state index contributed by atoms with van der Waals surface area (Å²) in [4.78, 5) is 0. The van der Waals surface area contributed by atoms with Crippen LogP contribution in [0.1, 0.15) is 68.1 Å². The second kappa shape index (κ2) is 7.83. The molecule has 2 N–H and O–H groups in total. The molecule has 3 atom stereocenters. The van der Waals surface area contributed by atoms with Crippen molar-refractivity contribution in [2.75, 3.05) is 11.0 Å². The zero-order valence-corrected chi connectivity index (χ0v) is 16.5. The van der Waals surface area contributed by atoms with Gasteiger partial charge in [0.1, 0.15) is 0 Å². The fourth-order valence-electron chi connectivity index (χ4n) is 4.09. The molecule has 3 heteroatoms. The highest BCUT2D eigenvalue weighted by atomic mass is 127. The maximum absolute atomic E-state index is 6.48. The third-order valence-electron chi connectivity index (χ3n) is 5.65. The first-order valence-electron chi connectivity index (χ1n) is 9.21. The van der Waals surface area contributed by atoms with E-state index in [1.807, 2.05) is 0 Å². The van der Waals surface area contributed by atoms with Crippen LogP contribution in [0.4, 0.5) is 0 Å². The topological polar surface area (TPSA) is 35.2 Å². The first-order chi connectivity index (χ1) is 11.1. The zero-order valence-electron chi connectivity index (χ0n) is 14.3. The van der Waals surface area contributed by atoms with Crippen LogP contribution in [0.15, 0.2) is 18.2 Å². The van der Waals surface area contributed by atoms with Crippen molar-refractivity contribution in [1.82, 2.24) is 0 Å². The minimum atomic E-state index is 0.0688. The molecule has 0 heterocycles. The SMILES string of the molecule is CCCCOC1CCc2cc([C@H]3CC[C@](N)(CI)C3)ccc2C1. The fraction of sp³-hybridized carbons (Fsp3) is 0.700. The summed E-state index contributed by atoms with van der Waals surface area (Å²) in [6.45, 7) is 3.14. The van der Waals surface area contributed by atoms with Crippen LogP contribution in [-0.2, 0) is 17.6 Å². The van der Waals surface area contributed by atoms with Crippen LogP contribution in [0.3, 0.4) is 0 Å². The van der Waals surface area contributed by atoms with Crippen molar-refractivity contribution in [3.05, 3.63) is 34.9 Å². The van der Waals surface area contributed by atoms with E-state index in [4.69, 9.17) is 10.5 Å². The fourth-order valence-corrected chi connectivity index (χ4v) is 4.79. The van der Waals surface area contributed by atoms with Gasteiger partial charge in [-0.3, -0.25) is 0 Å². The van der Waals surface area contributed by atoms with Crippen LogP contribution in [0.25, 0.3) is 0 Å². The van der Waals surface area contributed by atoms with Gasteiger partial charge in [-0.2, -0.15) is 0 Å². The van der Waals surface area contributed by atoms with Gasteiger partial charge in [-0.1, -0.05) is 54.1 Å². The average molecular weight is 427 g/mol. The molecule has 0 bridgehead atoms. The molecule has 0 aliphatic heterocycles. The summed E-state index contributed by atoms with van der Waals surface area (Å²) in [5.74, 6) is 0.665. The Morgan fingerprint density at radius 2 is 2.17 bits per heavy atom. The molecule has 3 rings (SSSR count). The van der Waals surface area contributed by atoms with Crippen LogP contribution in [0, 0.1) is 0 Å². The summed E-state index contributed by atoms with van der Waals surface area (Å²) in [6, 6.07) is 7.19. The molecule has 0 amide bonds. The Bertz CT molecular complexity index is 532. The van der Waals surface area contributed by atoms with E-state index in [-0.39, 0.29) is 5.54 Å². The van der Waals surface area contributed by atoms with Crippen LogP contribution in [-0.4, -0.2) is 22.7 Å². The quantitative estimate of drug-likeness (QED) is 0.404. The largest absolute Gasteiger partial charge is 0.378 e. The first-order valence-corrected chi connectivity index (χ1v) is 10.7. The van der Waals surface area contributed by atoms with Gasteiger partial charge in [0.2, 0.25) is 0 Å². The summed E-state index contributed by atoms with van der Waals surface area (Å²) < 4.78 is 7.11. The molecule has 1 unspecified atom stereocenters. The Balaban J connectivity index is 1.63. The van der Waals surface area contributed by atoms with Gasteiger partial charge >= 0.3 is 0 Å². The Labute approximate surface area is 154 Å². The van der Waals surface area contributed by atoms with Gasteiger partial charge in [-0.05, 0) is 67.6 Å². The van der Waals surface area contributed by atoms with Gasteiger partial charge < -0.3 is 10.5 Å². The number of unbranched alkanes of at least 4 members (excludes halogenated alkanes) is 1. The molecule has 1 aromatic rings. The van der Waals surface area contributed by atoms with Gasteiger partial charge in [-0.15, -0.1) is 0 Å². The van der Waals surface area contributed by atoms with Crippen LogP contribution >= 0.6 is 22.6 Å². The number of alkyl halides is 1. The molecule has 1 saturated carbocycles. The van der Waals surface area contributed by atoms with Crippen LogP contribution in [0.5, 0.6) is 0 Å². The predicted molar refractivity (Wildman–Crippen MR) is 106 cm³/mol. The number of aryl methyl sites for hydroxylation is 1. The number of fused-ring (bicyclic) bond motifs is 1. The smallest absolute Gasteiger partial charge is 0.0618 e. The van der Waals surface area contributed by atoms with E-state index >= 15 is 0 Å². The highest BCUT2D eigenvalue weighted by Gasteiger charge is 2.35. The van der Waals surface area contributed by atoms with E-state index in [0.717, 1.165) is 23.9 Å².